The molecule has 0 aliphatic carbocycles. The van der Waals surface area contributed by atoms with Gasteiger partial charge < -0.3 is 30.2 Å². The average Bonchev–Trinajstić information content (AvgIpc) is 2.96. The third kappa shape index (κ3) is 5.76. The standard InChI is InChI=1S/C28H33F2N5O5/c1-5-32-20(15-6-8-16(29)9-7-15)13-22(36)35-11-10-17(19(14-35)28(37)40-4)27-33-24-18(26(31)34-27)12-21(38-2)25(39-3)23(24)30/h6-9,12,17,19-20,32H,5,10-11,13-14H2,1-4H3,(H2,31,33,34)/t17?,19?,20-/m1/s1. The average molecular weight is 558 g/mol. The molecule has 1 fully saturated rings. The molecule has 214 valence electrons. The Morgan fingerprint density at radius 2 is 1.88 bits per heavy atom. The van der Waals surface area contributed by atoms with Crippen LogP contribution in [0.5, 0.6) is 11.5 Å². The number of hydrogen-bond acceptors (Lipinski definition) is 9. The Kier molecular flexibility index (Phi) is 8.98. The summed E-state index contributed by atoms with van der Waals surface area (Å²) in [6.07, 6.45) is 0.443. The van der Waals surface area contributed by atoms with Gasteiger partial charge in [0.05, 0.1) is 27.2 Å². The maximum absolute atomic E-state index is 15.4. The molecule has 0 radical (unpaired) electrons. The number of piperidine rings is 1. The predicted molar refractivity (Wildman–Crippen MR) is 144 cm³/mol. The lowest BCUT2D eigenvalue weighted by Gasteiger charge is -2.37. The molecule has 0 saturated carbocycles. The number of anilines is 1. The zero-order chi connectivity index (χ0) is 29.0. The number of fused-ring (bicyclic) bond motifs is 1. The maximum Gasteiger partial charge on any atom is 0.311 e. The van der Waals surface area contributed by atoms with E-state index in [1.54, 1.807) is 17.0 Å². The second kappa shape index (κ2) is 12.4. The van der Waals surface area contributed by atoms with Gasteiger partial charge in [0.15, 0.2) is 17.3 Å². The molecular weight excluding hydrogens is 524 g/mol. The van der Waals surface area contributed by atoms with Crippen LogP contribution in [0.25, 0.3) is 10.9 Å². The van der Waals surface area contributed by atoms with Crippen molar-refractivity contribution >= 4 is 28.6 Å². The van der Waals surface area contributed by atoms with Crippen LogP contribution < -0.4 is 20.5 Å². The van der Waals surface area contributed by atoms with Gasteiger partial charge in [0, 0.05) is 36.9 Å². The number of carbonyl (C=O) groups is 2. The van der Waals surface area contributed by atoms with E-state index in [1.807, 2.05) is 6.92 Å². The molecule has 40 heavy (non-hydrogen) atoms. The third-order valence-electron chi connectivity index (χ3n) is 7.23. The van der Waals surface area contributed by atoms with Gasteiger partial charge in [0.25, 0.3) is 0 Å². The van der Waals surface area contributed by atoms with Crippen LogP contribution in [0.2, 0.25) is 0 Å². The lowest BCUT2D eigenvalue weighted by atomic mass is 9.84. The van der Waals surface area contributed by atoms with Gasteiger partial charge in [-0.1, -0.05) is 19.1 Å². The minimum atomic E-state index is -0.800. The van der Waals surface area contributed by atoms with Crippen molar-refractivity contribution in [3.63, 3.8) is 0 Å². The summed E-state index contributed by atoms with van der Waals surface area (Å²) in [5.74, 6) is -2.99. The largest absolute Gasteiger partial charge is 0.493 e. The van der Waals surface area contributed by atoms with Crippen LogP contribution in [0.4, 0.5) is 14.6 Å². The van der Waals surface area contributed by atoms with Gasteiger partial charge in [-0.3, -0.25) is 9.59 Å². The van der Waals surface area contributed by atoms with E-state index in [9.17, 15) is 14.0 Å². The Hall–Kier alpha value is -4.06. The molecule has 12 heteroatoms. The first-order valence-corrected chi connectivity index (χ1v) is 12.9. The van der Waals surface area contributed by atoms with Gasteiger partial charge in [0.1, 0.15) is 23.0 Å². The number of carbonyl (C=O) groups excluding carboxylic acids is 2. The summed E-state index contributed by atoms with van der Waals surface area (Å²) in [5.41, 5.74) is 6.92. The number of esters is 1. The van der Waals surface area contributed by atoms with Gasteiger partial charge >= 0.3 is 5.97 Å². The minimum Gasteiger partial charge on any atom is -0.493 e. The molecule has 3 N–H and O–H groups in total. The van der Waals surface area contributed by atoms with E-state index >= 15 is 4.39 Å². The fourth-order valence-electron chi connectivity index (χ4n) is 5.17. The number of aromatic nitrogens is 2. The SMILES string of the molecule is CCN[C@H](CC(=O)N1CCC(c2nc(N)c3cc(OC)c(OC)c(F)c3n2)C(C(=O)OC)C1)c1ccc(F)cc1. The monoisotopic (exact) mass is 557 g/mol. The van der Waals surface area contributed by atoms with E-state index in [1.165, 1.54) is 39.5 Å². The van der Waals surface area contributed by atoms with Crippen molar-refractivity contribution in [1.29, 1.82) is 0 Å². The fraction of sp³-hybridized carbons (Fsp3) is 0.429. The lowest BCUT2D eigenvalue weighted by Crippen LogP contribution is -2.47. The molecule has 2 unspecified atom stereocenters. The Labute approximate surface area is 230 Å². The summed E-state index contributed by atoms with van der Waals surface area (Å²) in [6.45, 7) is 2.91. The molecule has 1 aliphatic rings. The molecule has 1 saturated heterocycles. The van der Waals surface area contributed by atoms with Crippen LogP contribution >= 0.6 is 0 Å². The number of nitrogens with one attached hydrogen (secondary N) is 1. The summed E-state index contributed by atoms with van der Waals surface area (Å²) in [7, 11) is 3.96. The third-order valence-corrected chi connectivity index (χ3v) is 7.23. The van der Waals surface area contributed by atoms with Crippen LogP contribution in [0.3, 0.4) is 0 Å². The predicted octanol–water partition coefficient (Wildman–Crippen LogP) is 3.35. The summed E-state index contributed by atoms with van der Waals surface area (Å²) >= 11 is 0. The van der Waals surface area contributed by atoms with Crippen molar-refractivity contribution in [3.8, 4) is 11.5 Å². The highest BCUT2D eigenvalue weighted by molar-refractivity contribution is 5.91. The molecule has 3 aromatic rings. The van der Waals surface area contributed by atoms with Gasteiger partial charge in [-0.05, 0) is 36.7 Å². The Balaban J connectivity index is 1.61. The van der Waals surface area contributed by atoms with Crippen molar-refractivity contribution < 1.29 is 32.6 Å². The maximum atomic E-state index is 15.4. The molecule has 4 rings (SSSR count). The van der Waals surface area contributed by atoms with E-state index in [2.05, 4.69) is 15.3 Å². The highest BCUT2D eigenvalue weighted by Gasteiger charge is 2.40. The fourth-order valence-corrected chi connectivity index (χ4v) is 5.17. The molecule has 2 heterocycles. The van der Waals surface area contributed by atoms with Gasteiger partial charge in [-0.2, -0.15) is 0 Å². The first kappa shape index (κ1) is 28.9. The summed E-state index contributed by atoms with van der Waals surface area (Å²) in [5, 5.41) is 3.51. The lowest BCUT2D eigenvalue weighted by molar-refractivity contribution is -0.150. The van der Waals surface area contributed by atoms with Crippen molar-refractivity contribution in [2.75, 3.05) is 46.7 Å². The second-order valence-electron chi connectivity index (χ2n) is 9.52. The van der Waals surface area contributed by atoms with Gasteiger partial charge in [-0.25, -0.2) is 18.7 Å². The minimum absolute atomic E-state index is 0.0229. The zero-order valence-corrected chi connectivity index (χ0v) is 22.9. The van der Waals surface area contributed by atoms with Crippen molar-refractivity contribution in [2.45, 2.75) is 31.7 Å². The number of halogens is 2. The van der Waals surface area contributed by atoms with Crippen LogP contribution in [0.15, 0.2) is 30.3 Å². The first-order valence-electron chi connectivity index (χ1n) is 12.9. The number of nitrogens with two attached hydrogens (primary N) is 1. The Morgan fingerprint density at radius 3 is 2.50 bits per heavy atom. The number of ether oxygens (including phenoxy) is 3. The van der Waals surface area contributed by atoms with Gasteiger partial charge in [-0.15, -0.1) is 0 Å². The molecule has 10 nitrogen and oxygen atoms in total. The van der Waals surface area contributed by atoms with Crippen LogP contribution in [-0.4, -0.2) is 67.7 Å². The number of likely N-dealkylation sites (tertiary alicyclic amines) is 1. The Bertz CT molecular complexity index is 1390. The quantitative estimate of drug-likeness (QED) is 0.381. The number of nitrogen functional groups attached to an aromatic ring is 1. The van der Waals surface area contributed by atoms with E-state index in [-0.39, 0.29) is 64.8 Å². The zero-order valence-electron chi connectivity index (χ0n) is 22.9. The topological polar surface area (TPSA) is 129 Å². The Morgan fingerprint density at radius 1 is 1.15 bits per heavy atom. The molecule has 1 amide bonds. The second-order valence-corrected chi connectivity index (χ2v) is 9.52. The molecule has 0 bridgehead atoms. The number of methoxy groups -OCH3 is 3. The smallest absolute Gasteiger partial charge is 0.311 e. The van der Waals surface area contributed by atoms with E-state index < -0.39 is 23.6 Å². The van der Waals surface area contributed by atoms with Crippen LogP contribution in [0.1, 0.15) is 43.1 Å². The van der Waals surface area contributed by atoms with Crippen LogP contribution in [0, 0.1) is 17.6 Å². The number of amides is 1. The highest BCUT2D eigenvalue weighted by Crippen LogP contribution is 2.39. The van der Waals surface area contributed by atoms with Crippen molar-refractivity contribution in [3.05, 3.63) is 53.4 Å². The van der Waals surface area contributed by atoms with Crippen LogP contribution in [-0.2, 0) is 14.3 Å². The molecule has 3 atom stereocenters. The molecule has 0 spiro atoms. The van der Waals surface area contributed by atoms with Crippen molar-refractivity contribution in [2.24, 2.45) is 5.92 Å². The summed E-state index contributed by atoms with van der Waals surface area (Å²) in [6, 6.07) is 7.16. The normalized spacial score (nSPS) is 17.9. The van der Waals surface area contributed by atoms with Gasteiger partial charge in [0.2, 0.25) is 5.91 Å². The van der Waals surface area contributed by atoms with E-state index in [0.29, 0.717) is 19.5 Å². The summed E-state index contributed by atoms with van der Waals surface area (Å²) in [4.78, 5) is 36.7. The number of rotatable bonds is 9. The molecule has 2 aromatic carbocycles. The molecular formula is C28H33F2N5O5. The number of nitrogens with zero attached hydrogens (tertiary/aromatic N) is 3. The first-order chi connectivity index (χ1) is 19.2. The highest BCUT2D eigenvalue weighted by atomic mass is 19.1. The van der Waals surface area contributed by atoms with E-state index in [4.69, 9.17) is 19.9 Å². The van der Waals surface area contributed by atoms with E-state index in [0.717, 1.165) is 5.56 Å². The number of benzene rings is 2. The summed E-state index contributed by atoms with van der Waals surface area (Å²) < 4.78 is 44.2. The molecule has 1 aliphatic heterocycles. The number of hydrogen-bond donors (Lipinski definition) is 2. The molecule has 1 aromatic heterocycles. The van der Waals surface area contributed by atoms with Crippen molar-refractivity contribution in [1.82, 2.24) is 20.2 Å².